The maximum absolute atomic E-state index is 13.8. The molecule has 3 aromatic rings. The number of anilines is 2. The van der Waals surface area contributed by atoms with Crippen molar-refractivity contribution in [3.05, 3.63) is 113 Å². The number of nitrogens with one attached hydrogen (secondary N) is 2. The summed E-state index contributed by atoms with van der Waals surface area (Å²) >= 11 is 0. The highest BCUT2D eigenvalue weighted by molar-refractivity contribution is 6.09. The zero-order chi connectivity index (χ0) is 32.4. The molecule has 46 heavy (non-hydrogen) atoms. The van der Waals surface area contributed by atoms with Crippen LogP contribution in [0.2, 0.25) is 0 Å². The van der Waals surface area contributed by atoms with E-state index < -0.39 is 29.7 Å². The van der Waals surface area contributed by atoms with Crippen LogP contribution in [0, 0.1) is 5.92 Å². The number of piperazine rings is 1. The molecule has 2 fully saturated rings. The van der Waals surface area contributed by atoms with Gasteiger partial charge in [0.05, 0.1) is 29.5 Å². The Labute approximate surface area is 264 Å². The molecule has 0 saturated carbocycles. The summed E-state index contributed by atoms with van der Waals surface area (Å²) in [6.07, 6.45) is -2.00. The van der Waals surface area contributed by atoms with Gasteiger partial charge in [0.2, 0.25) is 0 Å². The van der Waals surface area contributed by atoms with Gasteiger partial charge < -0.3 is 30.9 Å². The highest BCUT2D eigenvalue weighted by atomic mass is 19.4. The summed E-state index contributed by atoms with van der Waals surface area (Å²) < 4.78 is 47.3. The standard InChI is InChI=1S/C34H33F3N6O3/c1-42-10-12-43(13-11-42)27-15-22(14-23(16-27)34(35,36)37)32(44)40-25-9-5-8-24(17-25)39-26-18-28(38)30-29(19-26)41-33(45)31(30)46-20-21-6-3-2-4-7-21/h2-9,14-19,30-31H,10-13,20,38H2,1H3,(H,40,44)(H,41,45). The number of amides is 2. The van der Waals surface area contributed by atoms with E-state index >= 15 is 0 Å². The lowest BCUT2D eigenvalue weighted by molar-refractivity contribution is -0.137. The van der Waals surface area contributed by atoms with Crippen LogP contribution in [0.25, 0.3) is 0 Å². The lowest BCUT2D eigenvalue weighted by atomic mass is 9.92. The SMILES string of the molecule is CN1CCN(c2cc(C(=O)Nc3cccc(N=C4C=C(N)C5C(=C4)NC(=O)C5OCc4ccccc4)c3)cc(C(F)(F)F)c2)CC1. The van der Waals surface area contributed by atoms with Crippen molar-refractivity contribution < 1.29 is 27.5 Å². The molecule has 9 nitrogen and oxygen atoms in total. The fraction of sp³-hybridized carbons (Fsp3) is 0.265. The van der Waals surface area contributed by atoms with E-state index in [0.29, 0.717) is 60.3 Å². The first-order valence-electron chi connectivity index (χ1n) is 14.8. The van der Waals surface area contributed by atoms with Crippen molar-refractivity contribution in [2.24, 2.45) is 16.6 Å². The minimum atomic E-state index is -4.61. The highest BCUT2D eigenvalue weighted by Gasteiger charge is 2.42. The van der Waals surface area contributed by atoms with Crippen LogP contribution >= 0.6 is 0 Å². The molecule has 0 bridgehead atoms. The second kappa shape index (κ2) is 12.8. The van der Waals surface area contributed by atoms with Crippen LogP contribution in [0.1, 0.15) is 21.5 Å². The zero-order valence-electron chi connectivity index (χ0n) is 25.1. The van der Waals surface area contributed by atoms with Crippen molar-refractivity contribution in [2.45, 2.75) is 18.9 Å². The fourth-order valence-electron chi connectivity index (χ4n) is 5.70. The van der Waals surface area contributed by atoms with Gasteiger partial charge in [-0.1, -0.05) is 36.4 Å². The molecule has 2 atom stereocenters. The number of halogens is 3. The van der Waals surface area contributed by atoms with E-state index in [0.717, 1.165) is 17.7 Å². The monoisotopic (exact) mass is 630 g/mol. The van der Waals surface area contributed by atoms with E-state index in [1.54, 1.807) is 36.4 Å². The molecule has 2 heterocycles. The topological polar surface area (TPSA) is 112 Å². The van der Waals surface area contributed by atoms with E-state index in [1.165, 1.54) is 6.07 Å². The number of benzene rings is 3. The predicted molar refractivity (Wildman–Crippen MR) is 170 cm³/mol. The predicted octanol–water partition coefficient (Wildman–Crippen LogP) is 4.85. The van der Waals surface area contributed by atoms with Crippen LogP contribution in [0.4, 0.5) is 30.2 Å². The van der Waals surface area contributed by atoms with Gasteiger partial charge in [0.1, 0.15) is 0 Å². The number of rotatable bonds is 7. The van der Waals surface area contributed by atoms with Crippen LogP contribution in [0.3, 0.4) is 0 Å². The third-order valence-corrected chi connectivity index (χ3v) is 8.15. The van der Waals surface area contributed by atoms with E-state index in [9.17, 15) is 22.8 Å². The van der Waals surface area contributed by atoms with E-state index in [4.69, 9.17) is 10.5 Å². The van der Waals surface area contributed by atoms with Crippen molar-refractivity contribution in [3.63, 3.8) is 0 Å². The van der Waals surface area contributed by atoms with Gasteiger partial charge in [-0.2, -0.15) is 13.2 Å². The Morgan fingerprint density at radius 2 is 1.78 bits per heavy atom. The number of hydrogen-bond acceptors (Lipinski definition) is 7. The van der Waals surface area contributed by atoms with Gasteiger partial charge in [0.15, 0.2) is 6.10 Å². The van der Waals surface area contributed by atoms with Crippen molar-refractivity contribution >= 4 is 34.6 Å². The summed E-state index contributed by atoms with van der Waals surface area (Å²) in [5, 5.41) is 5.55. The Hall–Kier alpha value is -4.94. The number of nitrogens with zero attached hydrogens (tertiary/aromatic N) is 3. The van der Waals surface area contributed by atoms with Crippen molar-refractivity contribution in [2.75, 3.05) is 43.4 Å². The minimum Gasteiger partial charge on any atom is -0.401 e. The Balaban J connectivity index is 1.18. The molecular weight excluding hydrogens is 597 g/mol. The summed E-state index contributed by atoms with van der Waals surface area (Å²) in [6.45, 7) is 2.79. The molecule has 3 aliphatic rings. The number of carbonyl (C=O) groups excluding carboxylic acids is 2. The molecule has 2 amide bonds. The van der Waals surface area contributed by atoms with Gasteiger partial charge in [0, 0.05) is 54.5 Å². The molecule has 238 valence electrons. The summed E-state index contributed by atoms with van der Waals surface area (Å²) in [4.78, 5) is 34.5. The summed E-state index contributed by atoms with van der Waals surface area (Å²) in [5.41, 5.74) is 8.99. The normalized spacial score (nSPS) is 21.0. The molecule has 2 aliphatic heterocycles. The molecule has 6 rings (SSSR count). The maximum Gasteiger partial charge on any atom is 0.416 e. The quantitative estimate of drug-likeness (QED) is 0.344. The van der Waals surface area contributed by atoms with E-state index in [1.807, 2.05) is 42.3 Å². The van der Waals surface area contributed by atoms with Gasteiger partial charge in [-0.15, -0.1) is 0 Å². The molecule has 12 heteroatoms. The Bertz CT molecular complexity index is 1730. The lowest BCUT2D eigenvalue weighted by Crippen LogP contribution is -2.44. The second-order valence-corrected chi connectivity index (χ2v) is 11.5. The van der Waals surface area contributed by atoms with Gasteiger partial charge in [-0.25, -0.2) is 4.99 Å². The van der Waals surface area contributed by atoms with Gasteiger partial charge in [-0.3, -0.25) is 9.59 Å². The Kier molecular flexibility index (Phi) is 8.65. The molecule has 1 aliphatic carbocycles. The van der Waals surface area contributed by atoms with Crippen LogP contribution in [-0.2, 0) is 22.3 Å². The summed E-state index contributed by atoms with van der Waals surface area (Å²) in [6, 6.07) is 19.6. The number of alkyl halides is 3. The number of allylic oxidation sites excluding steroid dienone is 2. The third kappa shape index (κ3) is 6.98. The van der Waals surface area contributed by atoms with Crippen molar-refractivity contribution in [1.29, 1.82) is 0 Å². The van der Waals surface area contributed by atoms with Crippen molar-refractivity contribution in [3.8, 4) is 0 Å². The van der Waals surface area contributed by atoms with E-state index in [2.05, 4.69) is 20.5 Å². The van der Waals surface area contributed by atoms with Gasteiger partial charge in [-0.05, 0) is 61.2 Å². The number of ether oxygens (including phenoxy) is 1. The van der Waals surface area contributed by atoms with Gasteiger partial charge >= 0.3 is 6.18 Å². The number of fused-ring (bicyclic) bond motifs is 1. The first-order chi connectivity index (χ1) is 22.0. The summed E-state index contributed by atoms with van der Waals surface area (Å²) in [5.74, 6) is -1.43. The van der Waals surface area contributed by atoms with Crippen LogP contribution < -0.4 is 21.3 Å². The number of nitrogens with two attached hydrogens (primary N) is 1. The number of aliphatic imine (C=N–C) groups is 1. The zero-order valence-corrected chi connectivity index (χ0v) is 25.1. The third-order valence-electron chi connectivity index (χ3n) is 8.15. The molecular formula is C34H33F3N6O3. The van der Waals surface area contributed by atoms with Crippen LogP contribution in [-0.4, -0.2) is 61.8 Å². The number of likely N-dealkylation sites (N-methyl/N-ethyl adjacent to an activating group) is 1. The average Bonchev–Trinajstić information content (AvgIpc) is 3.35. The van der Waals surface area contributed by atoms with Gasteiger partial charge in [0.25, 0.3) is 11.8 Å². The first kappa shape index (κ1) is 31.1. The molecule has 4 N–H and O–H groups in total. The summed E-state index contributed by atoms with van der Waals surface area (Å²) in [7, 11) is 1.96. The first-order valence-corrected chi connectivity index (χ1v) is 14.8. The number of hydrogen-bond donors (Lipinski definition) is 3. The molecule has 3 aromatic carbocycles. The second-order valence-electron chi connectivity index (χ2n) is 11.5. The highest BCUT2D eigenvalue weighted by Crippen LogP contribution is 2.35. The lowest BCUT2D eigenvalue weighted by Gasteiger charge is -2.34. The molecule has 0 radical (unpaired) electrons. The average molecular weight is 631 g/mol. The van der Waals surface area contributed by atoms with Crippen LogP contribution in [0.15, 0.2) is 101 Å². The molecule has 0 spiro atoms. The number of carbonyl (C=O) groups is 2. The molecule has 2 saturated heterocycles. The minimum absolute atomic E-state index is 0.0970. The largest absolute Gasteiger partial charge is 0.416 e. The fourth-order valence-corrected chi connectivity index (χ4v) is 5.70. The smallest absolute Gasteiger partial charge is 0.401 e. The molecule has 2 unspecified atom stereocenters. The van der Waals surface area contributed by atoms with Crippen molar-refractivity contribution in [1.82, 2.24) is 10.2 Å². The maximum atomic E-state index is 13.8. The van der Waals surface area contributed by atoms with Crippen LogP contribution in [0.5, 0.6) is 0 Å². The Morgan fingerprint density at radius 3 is 2.52 bits per heavy atom. The molecule has 0 aromatic heterocycles. The Morgan fingerprint density at radius 1 is 1.02 bits per heavy atom. The van der Waals surface area contributed by atoms with E-state index in [-0.39, 0.29) is 18.1 Å².